The van der Waals surface area contributed by atoms with Gasteiger partial charge in [-0.1, -0.05) is 12.1 Å². The number of nitrogens with one attached hydrogen (secondary N) is 1. The molecule has 1 aliphatic heterocycles. The predicted octanol–water partition coefficient (Wildman–Crippen LogP) is 3.49. The maximum Gasteiger partial charge on any atom is 0.309 e. The summed E-state index contributed by atoms with van der Waals surface area (Å²) in [6.45, 7) is 1.77. The molecule has 1 saturated heterocycles. The average Bonchev–Trinajstić information content (AvgIpc) is 2.96. The number of rotatable bonds is 5. The lowest BCUT2D eigenvalue weighted by Crippen LogP contribution is -2.45. The van der Waals surface area contributed by atoms with E-state index >= 15 is 0 Å². The van der Waals surface area contributed by atoms with Crippen LogP contribution in [0.5, 0.6) is 0 Å². The largest absolute Gasteiger partial charge is 0.481 e. The van der Waals surface area contributed by atoms with Crippen molar-refractivity contribution >= 4 is 16.9 Å². The second-order valence-electron chi connectivity index (χ2n) is 6.36. The van der Waals surface area contributed by atoms with Gasteiger partial charge in [0.15, 0.2) is 0 Å². The van der Waals surface area contributed by atoms with Crippen molar-refractivity contribution in [1.29, 1.82) is 0 Å². The van der Waals surface area contributed by atoms with Crippen LogP contribution in [0, 0.1) is 5.41 Å². The number of H-pyrrole nitrogens is 1. The summed E-state index contributed by atoms with van der Waals surface area (Å²) in [5.74, 6) is -1.09. The van der Waals surface area contributed by atoms with Crippen LogP contribution < -0.4 is 0 Å². The number of fused-ring (bicyclic) bond motifs is 1. The fourth-order valence-electron chi connectivity index (χ4n) is 3.39. The Balaban J connectivity index is 1.65. The van der Waals surface area contributed by atoms with E-state index in [9.17, 15) is 18.7 Å². The smallest absolute Gasteiger partial charge is 0.309 e. The molecule has 0 saturated carbocycles. The van der Waals surface area contributed by atoms with Crippen molar-refractivity contribution in [2.45, 2.75) is 32.2 Å². The molecule has 4 nitrogen and oxygen atoms in total. The number of carbonyl (C=O) groups is 1. The molecule has 1 aromatic carbocycles. The molecule has 1 aromatic heterocycles. The van der Waals surface area contributed by atoms with Crippen LogP contribution in [0.15, 0.2) is 30.5 Å². The Hall–Kier alpha value is -1.95. The SMILES string of the molecule is O=C(O)C1(CC(F)F)CCN(Cc2ccc3cc[nH]c3c2)CC1. The van der Waals surface area contributed by atoms with Crippen molar-refractivity contribution in [3.63, 3.8) is 0 Å². The van der Waals surface area contributed by atoms with Gasteiger partial charge in [-0.25, -0.2) is 8.78 Å². The molecule has 2 heterocycles. The van der Waals surface area contributed by atoms with Gasteiger partial charge in [0.1, 0.15) is 0 Å². The molecule has 3 rings (SSSR count). The highest BCUT2D eigenvalue weighted by atomic mass is 19.3. The number of hydrogen-bond donors (Lipinski definition) is 2. The molecule has 23 heavy (non-hydrogen) atoms. The summed E-state index contributed by atoms with van der Waals surface area (Å²) < 4.78 is 25.4. The van der Waals surface area contributed by atoms with Crippen LogP contribution in [0.25, 0.3) is 10.9 Å². The number of aromatic nitrogens is 1. The molecule has 0 unspecified atom stereocenters. The van der Waals surface area contributed by atoms with Crippen LogP contribution in [0.1, 0.15) is 24.8 Å². The van der Waals surface area contributed by atoms with Gasteiger partial charge in [0, 0.05) is 24.7 Å². The number of benzene rings is 1. The van der Waals surface area contributed by atoms with Gasteiger partial charge in [0.2, 0.25) is 6.43 Å². The number of aliphatic carboxylic acids is 1. The highest BCUT2D eigenvalue weighted by Gasteiger charge is 2.43. The quantitative estimate of drug-likeness (QED) is 0.886. The molecular formula is C17H20F2N2O2. The summed E-state index contributed by atoms with van der Waals surface area (Å²) in [7, 11) is 0. The number of likely N-dealkylation sites (tertiary alicyclic amines) is 1. The summed E-state index contributed by atoms with van der Waals surface area (Å²) in [5, 5.41) is 10.5. The van der Waals surface area contributed by atoms with E-state index in [2.05, 4.69) is 16.0 Å². The van der Waals surface area contributed by atoms with Crippen molar-refractivity contribution < 1.29 is 18.7 Å². The third-order valence-electron chi connectivity index (χ3n) is 4.84. The minimum absolute atomic E-state index is 0.275. The van der Waals surface area contributed by atoms with Crippen molar-refractivity contribution in [1.82, 2.24) is 9.88 Å². The first-order valence-corrected chi connectivity index (χ1v) is 7.78. The first-order chi connectivity index (χ1) is 11.0. The van der Waals surface area contributed by atoms with E-state index in [1.165, 1.54) is 0 Å². The van der Waals surface area contributed by atoms with Gasteiger partial charge in [-0.3, -0.25) is 9.69 Å². The molecule has 2 N–H and O–H groups in total. The molecule has 6 heteroatoms. The summed E-state index contributed by atoms with van der Waals surface area (Å²) in [6.07, 6.45) is -0.687. The second-order valence-corrected chi connectivity index (χ2v) is 6.36. The number of halogens is 2. The van der Waals surface area contributed by atoms with E-state index < -0.39 is 24.2 Å². The molecule has 1 aliphatic rings. The van der Waals surface area contributed by atoms with Gasteiger partial charge in [-0.2, -0.15) is 0 Å². The number of carboxylic acids is 1. The second kappa shape index (κ2) is 6.28. The molecule has 0 radical (unpaired) electrons. The number of alkyl halides is 2. The number of carboxylic acid groups (broad SMARTS) is 1. The maximum absolute atomic E-state index is 12.7. The molecule has 124 valence electrons. The van der Waals surface area contributed by atoms with Crippen LogP contribution >= 0.6 is 0 Å². The summed E-state index contributed by atoms with van der Waals surface area (Å²) in [4.78, 5) is 16.7. The lowest BCUT2D eigenvalue weighted by molar-refractivity contribution is -0.155. The van der Waals surface area contributed by atoms with E-state index in [0.29, 0.717) is 19.6 Å². The van der Waals surface area contributed by atoms with Gasteiger partial charge < -0.3 is 10.1 Å². The third kappa shape index (κ3) is 3.37. The molecule has 0 aliphatic carbocycles. The zero-order chi connectivity index (χ0) is 16.4. The van der Waals surface area contributed by atoms with Crippen LogP contribution in [-0.2, 0) is 11.3 Å². The highest BCUT2D eigenvalue weighted by Crippen LogP contribution is 2.38. The summed E-state index contributed by atoms with van der Waals surface area (Å²) in [5.41, 5.74) is 0.933. The van der Waals surface area contributed by atoms with Crippen molar-refractivity contribution in [2.24, 2.45) is 5.41 Å². The Morgan fingerprint density at radius 1 is 1.30 bits per heavy atom. The zero-order valence-electron chi connectivity index (χ0n) is 12.8. The standard InChI is InChI=1S/C17H20F2N2O2/c18-15(19)10-17(16(22)23)4-7-21(8-5-17)11-12-1-2-13-3-6-20-14(13)9-12/h1-3,6,9,15,20H,4-5,7-8,10-11H2,(H,22,23). The van der Waals surface area contributed by atoms with E-state index in [1.807, 2.05) is 24.4 Å². The third-order valence-corrected chi connectivity index (χ3v) is 4.84. The average molecular weight is 322 g/mol. The van der Waals surface area contributed by atoms with Crippen molar-refractivity contribution in [3.05, 3.63) is 36.0 Å². The van der Waals surface area contributed by atoms with Crippen LogP contribution in [0.4, 0.5) is 8.78 Å². The Kier molecular flexibility index (Phi) is 4.35. The van der Waals surface area contributed by atoms with Crippen molar-refractivity contribution in [2.75, 3.05) is 13.1 Å². The van der Waals surface area contributed by atoms with Crippen LogP contribution in [0.2, 0.25) is 0 Å². The molecule has 0 bridgehead atoms. The highest BCUT2D eigenvalue weighted by molar-refractivity contribution is 5.79. The van der Waals surface area contributed by atoms with Crippen LogP contribution in [0.3, 0.4) is 0 Å². The predicted molar refractivity (Wildman–Crippen MR) is 83.5 cm³/mol. The minimum atomic E-state index is -2.58. The molecule has 0 atom stereocenters. The molecule has 2 aromatic rings. The number of piperidine rings is 1. The molecular weight excluding hydrogens is 302 g/mol. The fourth-order valence-corrected chi connectivity index (χ4v) is 3.39. The Labute approximate surface area is 133 Å². The summed E-state index contributed by atoms with van der Waals surface area (Å²) in [6, 6.07) is 8.18. The minimum Gasteiger partial charge on any atom is -0.481 e. The van der Waals surface area contributed by atoms with Gasteiger partial charge >= 0.3 is 5.97 Å². The Morgan fingerprint density at radius 2 is 2.04 bits per heavy atom. The molecule has 1 fully saturated rings. The number of aromatic amines is 1. The monoisotopic (exact) mass is 322 g/mol. The summed E-state index contributed by atoms with van der Waals surface area (Å²) >= 11 is 0. The van der Waals surface area contributed by atoms with E-state index in [4.69, 9.17) is 0 Å². The van der Waals surface area contributed by atoms with E-state index in [-0.39, 0.29) is 12.8 Å². The Bertz CT molecular complexity index is 691. The van der Waals surface area contributed by atoms with Gasteiger partial charge in [-0.15, -0.1) is 0 Å². The van der Waals surface area contributed by atoms with Gasteiger partial charge in [0.25, 0.3) is 0 Å². The van der Waals surface area contributed by atoms with E-state index in [1.54, 1.807) is 0 Å². The van der Waals surface area contributed by atoms with Gasteiger partial charge in [0.05, 0.1) is 5.41 Å². The fraction of sp³-hybridized carbons (Fsp3) is 0.471. The maximum atomic E-state index is 12.7. The Morgan fingerprint density at radius 3 is 2.70 bits per heavy atom. The lowest BCUT2D eigenvalue weighted by atomic mass is 9.75. The zero-order valence-corrected chi connectivity index (χ0v) is 12.8. The number of nitrogens with zero attached hydrogens (tertiary/aromatic N) is 1. The first kappa shape index (κ1) is 15.9. The molecule has 0 spiro atoms. The normalized spacial score (nSPS) is 18.6. The number of hydrogen-bond acceptors (Lipinski definition) is 2. The first-order valence-electron chi connectivity index (χ1n) is 7.78. The van der Waals surface area contributed by atoms with Crippen LogP contribution in [-0.4, -0.2) is 40.5 Å². The van der Waals surface area contributed by atoms with E-state index in [0.717, 1.165) is 16.5 Å². The lowest BCUT2D eigenvalue weighted by Gasteiger charge is -2.38. The van der Waals surface area contributed by atoms with Crippen molar-refractivity contribution in [3.8, 4) is 0 Å². The topological polar surface area (TPSA) is 56.3 Å². The van der Waals surface area contributed by atoms with Gasteiger partial charge in [-0.05, 0) is 49.0 Å². The molecule has 0 amide bonds.